The van der Waals surface area contributed by atoms with Gasteiger partial charge in [0.1, 0.15) is 18.7 Å². The molecule has 0 bridgehead atoms. The highest BCUT2D eigenvalue weighted by atomic mass is 16.1. The number of aryl methyl sites for hydroxylation is 1. The first-order chi connectivity index (χ1) is 14.7. The van der Waals surface area contributed by atoms with E-state index in [2.05, 4.69) is 39.7 Å². The van der Waals surface area contributed by atoms with Gasteiger partial charge >= 0.3 is 0 Å². The minimum Gasteiger partial charge on any atom is -0.316 e. The van der Waals surface area contributed by atoms with E-state index >= 15 is 0 Å². The fourth-order valence-electron chi connectivity index (χ4n) is 4.35. The van der Waals surface area contributed by atoms with E-state index in [1.54, 1.807) is 11.0 Å². The summed E-state index contributed by atoms with van der Waals surface area (Å²) in [5.74, 6) is 0.564. The van der Waals surface area contributed by atoms with Crippen molar-refractivity contribution in [3.63, 3.8) is 0 Å². The lowest BCUT2D eigenvalue weighted by Gasteiger charge is -2.27. The summed E-state index contributed by atoms with van der Waals surface area (Å²) in [6.07, 6.45) is 3.53. The van der Waals surface area contributed by atoms with Gasteiger partial charge in [-0.2, -0.15) is 5.10 Å². The molecule has 0 saturated heterocycles. The van der Waals surface area contributed by atoms with Gasteiger partial charge in [-0.3, -0.25) is 19.5 Å². The number of nitrogens with zero attached hydrogens (tertiary/aromatic N) is 5. The average Bonchev–Trinajstić information content (AvgIpc) is 3.11. The monoisotopic (exact) mass is 398 g/mol. The van der Waals surface area contributed by atoms with Crippen LogP contribution in [0.3, 0.4) is 0 Å². The van der Waals surface area contributed by atoms with Gasteiger partial charge in [0, 0.05) is 36.9 Å². The van der Waals surface area contributed by atoms with Gasteiger partial charge in [0.2, 0.25) is 0 Å². The summed E-state index contributed by atoms with van der Waals surface area (Å²) in [6, 6.07) is 14.2. The summed E-state index contributed by atoms with van der Waals surface area (Å²) in [4.78, 5) is 26.6. The van der Waals surface area contributed by atoms with Gasteiger partial charge in [0.15, 0.2) is 5.78 Å². The second-order valence-electron chi connectivity index (χ2n) is 7.62. The molecule has 0 saturated carbocycles. The van der Waals surface area contributed by atoms with Crippen molar-refractivity contribution in [1.29, 1.82) is 0 Å². The van der Waals surface area contributed by atoms with E-state index < -0.39 is 0 Å². The van der Waals surface area contributed by atoms with Crippen molar-refractivity contribution < 1.29 is 4.79 Å². The first kappa shape index (κ1) is 18.6. The summed E-state index contributed by atoms with van der Waals surface area (Å²) >= 11 is 0. The minimum atomic E-state index is -0.188. The molecule has 7 nitrogen and oxygen atoms in total. The number of hydrogen-bond donors (Lipinski definition) is 1. The number of carbonyl (C=O) groups excluding carboxylic acids is 1. The van der Waals surface area contributed by atoms with Crippen molar-refractivity contribution >= 4 is 23.4 Å². The van der Waals surface area contributed by atoms with Gasteiger partial charge < -0.3 is 5.32 Å². The Morgan fingerprint density at radius 1 is 1.17 bits per heavy atom. The largest absolute Gasteiger partial charge is 0.316 e. The molecular formula is C23H22N6O. The van der Waals surface area contributed by atoms with Crippen LogP contribution in [0.25, 0.3) is 0 Å². The first-order valence-electron chi connectivity index (χ1n) is 10.00. The van der Waals surface area contributed by atoms with E-state index in [9.17, 15) is 4.79 Å². The van der Waals surface area contributed by atoms with Gasteiger partial charge in [0.05, 0.1) is 17.3 Å². The lowest BCUT2D eigenvalue weighted by Crippen LogP contribution is -2.29. The quantitative estimate of drug-likeness (QED) is 0.732. The van der Waals surface area contributed by atoms with Crippen LogP contribution in [0.5, 0.6) is 0 Å². The lowest BCUT2D eigenvalue weighted by atomic mass is 9.79. The number of nitrogens with one attached hydrogen (secondary N) is 1. The van der Waals surface area contributed by atoms with Crippen LogP contribution in [0.2, 0.25) is 0 Å². The van der Waals surface area contributed by atoms with Gasteiger partial charge in [-0.25, -0.2) is 4.98 Å². The van der Waals surface area contributed by atoms with Gasteiger partial charge in [-0.1, -0.05) is 36.4 Å². The summed E-state index contributed by atoms with van der Waals surface area (Å²) < 4.78 is 1.79. The van der Waals surface area contributed by atoms with E-state index in [4.69, 9.17) is 9.98 Å². The molecule has 0 radical (unpaired) electrons. The molecule has 1 aromatic heterocycles. The Morgan fingerprint density at radius 2 is 2.00 bits per heavy atom. The second-order valence-corrected chi connectivity index (χ2v) is 7.62. The zero-order valence-corrected chi connectivity index (χ0v) is 16.9. The van der Waals surface area contributed by atoms with E-state index in [1.165, 1.54) is 5.56 Å². The Bertz CT molecular complexity index is 1170. The van der Waals surface area contributed by atoms with Crippen molar-refractivity contribution in [2.24, 2.45) is 17.0 Å². The van der Waals surface area contributed by atoms with E-state index in [1.807, 2.05) is 38.5 Å². The predicted molar refractivity (Wildman–Crippen MR) is 116 cm³/mol. The molecule has 2 aliphatic rings. The molecule has 2 aliphatic heterocycles. The number of aliphatic imine (C=N–C) groups is 2. The standard InChI is InChI=1S/C23H22N6O/c1-24-10-14-6-8-15(9-7-14)17-11-25-18-5-3-4-16-19(30)12-26-22(20(16)18)21(17)23-27-13-28-29(23)2/h3-9,11,13,17,21,24H,10,12H2,1-2H3. The summed E-state index contributed by atoms with van der Waals surface area (Å²) in [5, 5.41) is 7.48. The molecule has 5 rings (SSSR count). The normalized spacial score (nSPS) is 19.9. The molecule has 2 unspecified atom stereocenters. The Kier molecular flexibility index (Phi) is 4.59. The summed E-state index contributed by atoms with van der Waals surface area (Å²) in [5.41, 5.74) is 5.49. The molecule has 0 spiro atoms. The molecule has 30 heavy (non-hydrogen) atoms. The van der Waals surface area contributed by atoms with Gasteiger partial charge in [0.25, 0.3) is 0 Å². The third kappa shape index (κ3) is 2.98. The molecule has 0 amide bonds. The van der Waals surface area contributed by atoms with E-state index in [0.717, 1.165) is 34.9 Å². The van der Waals surface area contributed by atoms with E-state index in [0.29, 0.717) is 5.56 Å². The number of Topliss-reactive ketones (excluding diaryl/α,β-unsaturated/α-hetero) is 1. The SMILES string of the molecule is CNCc1ccc(C2C=Nc3cccc4c3C(=NCC4=O)C2c2ncnn2C)cc1. The van der Waals surface area contributed by atoms with Crippen LogP contribution in [-0.4, -0.2) is 46.1 Å². The molecule has 0 fully saturated rings. The molecule has 1 N–H and O–H groups in total. The third-order valence-corrected chi connectivity index (χ3v) is 5.79. The van der Waals surface area contributed by atoms with E-state index in [-0.39, 0.29) is 24.2 Å². The topological polar surface area (TPSA) is 84.5 Å². The maximum Gasteiger partial charge on any atom is 0.184 e. The summed E-state index contributed by atoms with van der Waals surface area (Å²) in [6.45, 7) is 0.962. The van der Waals surface area contributed by atoms with Crippen LogP contribution < -0.4 is 5.32 Å². The number of aromatic nitrogens is 3. The molecule has 2 aromatic carbocycles. The Hall–Kier alpha value is -3.45. The molecule has 2 atom stereocenters. The van der Waals surface area contributed by atoms with Gasteiger partial charge in [-0.15, -0.1) is 0 Å². The Balaban J connectivity index is 1.70. The number of hydrogen-bond acceptors (Lipinski definition) is 6. The minimum absolute atomic E-state index is 0.0254. The second kappa shape index (κ2) is 7.42. The molecular weight excluding hydrogens is 376 g/mol. The molecule has 3 aromatic rings. The third-order valence-electron chi connectivity index (χ3n) is 5.79. The van der Waals surface area contributed by atoms with Crippen LogP contribution in [0.1, 0.15) is 44.7 Å². The fraction of sp³-hybridized carbons (Fsp3) is 0.261. The molecule has 150 valence electrons. The molecule has 0 aliphatic carbocycles. The fourth-order valence-corrected chi connectivity index (χ4v) is 4.35. The number of rotatable bonds is 4. The maximum absolute atomic E-state index is 12.5. The number of ketones is 1. The predicted octanol–water partition coefficient (Wildman–Crippen LogP) is 2.80. The van der Waals surface area contributed by atoms with Crippen LogP contribution in [0.15, 0.2) is 58.8 Å². The van der Waals surface area contributed by atoms with Gasteiger partial charge in [-0.05, 0) is 24.2 Å². The zero-order chi connectivity index (χ0) is 20.7. The summed E-state index contributed by atoms with van der Waals surface area (Å²) in [7, 11) is 3.83. The zero-order valence-electron chi connectivity index (χ0n) is 16.9. The number of benzene rings is 2. The molecule has 3 heterocycles. The molecule has 7 heteroatoms. The van der Waals surface area contributed by atoms with Crippen molar-refractivity contribution in [3.8, 4) is 0 Å². The Labute approximate surface area is 174 Å². The number of carbonyl (C=O) groups is 1. The van der Waals surface area contributed by atoms with Crippen molar-refractivity contribution in [1.82, 2.24) is 20.1 Å². The van der Waals surface area contributed by atoms with Crippen LogP contribution >= 0.6 is 0 Å². The Morgan fingerprint density at radius 3 is 2.73 bits per heavy atom. The smallest absolute Gasteiger partial charge is 0.184 e. The van der Waals surface area contributed by atoms with Crippen molar-refractivity contribution in [3.05, 3.63) is 76.9 Å². The highest BCUT2D eigenvalue weighted by Gasteiger charge is 2.38. The first-order valence-corrected chi connectivity index (χ1v) is 10.00. The van der Waals surface area contributed by atoms with Crippen molar-refractivity contribution in [2.45, 2.75) is 18.4 Å². The van der Waals surface area contributed by atoms with Crippen molar-refractivity contribution in [2.75, 3.05) is 13.6 Å². The van der Waals surface area contributed by atoms with Crippen LogP contribution in [0, 0.1) is 0 Å². The average molecular weight is 398 g/mol. The van der Waals surface area contributed by atoms with Crippen LogP contribution in [0.4, 0.5) is 5.69 Å². The highest BCUT2D eigenvalue weighted by Crippen LogP contribution is 2.41. The van der Waals surface area contributed by atoms with Crippen LogP contribution in [-0.2, 0) is 13.6 Å². The lowest BCUT2D eigenvalue weighted by molar-refractivity contribution is 0.1000. The highest BCUT2D eigenvalue weighted by molar-refractivity contribution is 6.21. The maximum atomic E-state index is 12.5.